The van der Waals surface area contributed by atoms with Gasteiger partial charge in [-0.05, 0) is 66.6 Å². The first-order valence-corrected chi connectivity index (χ1v) is 12.4. The van der Waals surface area contributed by atoms with Crippen molar-refractivity contribution in [2.24, 2.45) is 10.9 Å². The second-order valence-corrected chi connectivity index (χ2v) is 9.64. The number of ether oxygens (including phenoxy) is 1. The number of nitrogens with zero attached hydrogens (tertiary/aromatic N) is 4. The Hall–Kier alpha value is -3.32. The molecule has 7 heteroatoms. The smallest absolute Gasteiger partial charge is 0.338 e. The summed E-state index contributed by atoms with van der Waals surface area (Å²) < 4.78 is 4.95. The molecule has 0 aliphatic carbocycles. The molecule has 0 spiro atoms. The van der Waals surface area contributed by atoms with Gasteiger partial charge in [0.05, 0.1) is 24.9 Å². The van der Waals surface area contributed by atoms with Crippen LogP contribution in [0.15, 0.2) is 64.9 Å². The van der Waals surface area contributed by atoms with E-state index in [4.69, 9.17) is 9.73 Å². The van der Waals surface area contributed by atoms with Gasteiger partial charge in [-0.25, -0.2) is 4.79 Å². The summed E-state index contributed by atoms with van der Waals surface area (Å²) in [6, 6.07) is 11.6. The van der Waals surface area contributed by atoms with Crippen molar-refractivity contribution in [2.45, 2.75) is 32.2 Å². The van der Waals surface area contributed by atoms with Gasteiger partial charge in [0, 0.05) is 50.6 Å². The van der Waals surface area contributed by atoms with Crippen LogP contribution in [0.25, 0.3) is 0 Å². The summed E-state index contributed by atoms with van der Waals surface area (Å²) in [5, 5.41) is 0. The molecule has 5 rings (SSSR count). The Balaban J connectivity index is 1.19. The molecule has 3 aliphatic rings. The van der Waals surface area contributed by atoms with E-state index in [1.807, 2.05) is 41.3 Å². The van der Waals surface area contributed by atoms with Gasteiger partial charge in [0.25, 0.3) is 0 Å². The van der Waals surface area contributed by atoms with Gasteiger partial charge in [-0.3, -0.25) is 19.7 Å². The monoisotopic (exact) mass is 472 g/mol. The molecule has 0 unspecified atom stereocenters. The minimum atomic E-state index is -0.301. The minimum Gasteiger partial charge on any atom is -0.465 e. The summed E-state index contributed by atoms with van der Waals surface area (Å²) in [5.41, 5.74) is 6.29. The van der Waals surface area contributed by atoms with Crippen LogP contribution in [-0.4, -0.2) is 72.2 Å². The number of carbonyl (C=O) groups excluding carboxylic acids is 2. The molecular formula is C28H32N4O3. The molecule has 4 heterocycles. The van der Waals surface area contributed by atoms with E-state index in [1.165, 1.54) is 18.3 Å². The number of likely N-dealkylation sites (tertiary alicyclic amines) is 1. The maximum Gasteiger partial charge on any atom is 0.338 e. The van der Waals surface area contributed by atoms with Crippen LogP contribution in [0.2, 0.25) is 0 Å². The zero-order chi connectivity index (χ0) is 24.2. The normalized spacial score (nSPS) is 20.4. The van der Waals surface area contributed by atoms with Crippen LogP contribution >= 0.6 is 0 Å². The van der Waals surface area contributed by atoms with Crippen LogP contribution in [0, 0.1) is 5.92 Å². The van der Waals surface area contributed by atoms with Gasteiger partial charge in [-0.15, -0.1) is 0 Å². The number of aliphatic imine (C=N–C) groups is 1. The Bertz CT molecular complexity index is 1160. The summed E-state index contributed by atoms with van der Waals surface area (Å²) >= 11 is 0. The molecule has 1 amide bonds. The van der Waals surface area contributed by atoms with E-state index in [2.05, 4.69) is 9.88 Å². The van der Waals surface area contributed by atoms with Crippen LogP contribution < -0.4 is 0 Å². The van der Waals surface area contributed by atoms with Crippen molar-refractivity contribution in [3.8, 4) is 0 Å². The van der Waals surface area contributed by atoms with Crippen LogP contribution in [0.1, 0.15) is 47.2 Å². The largest absolute Gasteiger partial charge is 0.465 e. The van der Waals surface area contributed by atoms with Crippen LogP contribution in [0.4, 0.5) is 0 Å². The Morgan fingerprint density at radius 1 is 1.11 bits per heavy atom. The van der Waals surface area contributed by atoms with Crippen molar-refractivity contribution < 1.29 is 14.3 Å². The molecule has 0 radical (unpaired) electrons. The molecule has 3 aliphatic heterocycles. The highest BCUT2D eigenvalue weighted by molar-refractivity contribution is 6.15. The predicted molar refractivity (Wildman–Crippen MR) is 134 cm³/mol. The van der Waals surface area contributed by atoms with Crippen molar-refractivity contribution in [3.05, 3.63) is 76.6 Å². The zero-order valence-electron chi connectivity index (χ0n) is 20.3. The fourth-order valence-corrected chi connectivity index (χ4v) is 5.52. The van der Waals surface area contributed by atoms with E-state index in [0.29, 0.717) is 31.0 Å². The number of pyridine rings is 1. The fourth-order valence-electron chi connectivity index (χ4n) is 5.52. The van der Waals surface area contributed by atoms with E-state index >= 15 is 0 Å². The second kappa shape index (κ2) is 10.5. The van der Waals surface area contributed by atoms with Gasteiger partial charge >= 0.3 is 5.97 Å². The first-order chi connectivity index (χ1) is 17.1. The fraction of sp³-hybridized carbons (Fsp3) is 0.429. The molecular weight excluding hydrogens is 440 g/mol. The summed E-state index contributed by atoms with van der Waals surface area (Å²) in [6.07, 6.45) is 7.18. The molecule has 7 nitrogen and oxygen atoms in total. The molecule has 1 saturated heterocycles. The van der Waals surface area contributed by atoms with Crippen molar-refractivity contribution in [3.63, 3.8) is 0 Å². The number of rotatable bonds is 6. The highest BCUT2D eigenvalue weighted by Crippen LogP contribution is 2.29. The molecule has 35 heavy (non-hydrogen) atoms. The van der Waals surface area contributed by atoms with Crippen LogP contribution in [0.3, 0.4) is 0 Å². The Morgan fingerprint density at radius 3 is 2.77 bits per heavy atom. The number of benzene rings is 1. The van der Waals surface area contributed by atoms with Crippen LogP contribution in [-0.2, 0) is 16.1 Å². The standard InChI is InChI=1S/C28H32N4O3/c1-35-28(34)24-7-3-2-6-23(24)18-31-13-4-5-20(17-31)15-26(33)32-14-10-22-16-30-27(25(22)19-32)21-8-11-29-12-9-21/h2-3,6-9,11-12,20H,4-5,10,13-19H2,1H3/t20-/m0/s1. The molecule has 0 N–H and O–H groups in total. The van der Waals surface area contributed by atoms with Crippen molar-refractivity contribution in [2.75, 3.05) is 39.8 Å². The highest BCUT2D eigenvalue weighted by atomic mass is 16.5. The van der Waals surface area contributed by atoms with Crippen molar-refractivity contribution in [1.29, 1.82) is 0 Å². The predicted octanol–water partition coefficient (Wildman–Crippen LogP) is 3.50. The van der Waals surface area contributed by atoms with E-state index in [9.17, 15) is 9.59 Å². The number of carbonyl (C=O) groups is 2. The number of hydrogen-bond acceptors (Lipinski definition) is 6. The van der Waals surface area contributed by atoms with Gasteiger partial charge < -0.3 is 9.64 Å². The summed E-state index contributed by atoms with van der Waals surface area (Å²) in [7, 11) is 1.42. The van der Waals surface area contributed by atoms with Gasteiger partial charge in [0.2, 0.25) is 5.91 Å². The third-order valence-corrected chi connectivity index (χ3v) is 7.36. The quantitative estimate of drug-likeness (QED) is 0.602. The van der Waals surface area contributed by atoms with Crippen molar-refractivity contribution >= 4 is 17.6 Å². The number of methoxy groups -OCH3 is 1. The minimum absolute atomic E-state index is 0.235. The Morgan fingerprint density at radius 2 is 1.94 bits per heavy atom. The SMILES string of the molecule is COC(=O)c1ccccc1CN1CCC[C@@H](CC(=O)N2CCC3=C(C2)C(c2ccncc2)=NC3)C1. The number of amides is 1. The summed E-state index contributed by atoms with van der Waals surface area (Å²) in [6.45, 7) is 4.72. The molecule has 1 atom stereocenters. The number of aromatic nitrogens is 1. The van der Waals surface area contributed by atoms with Crippen molar-refractivity contribution in [1.82, 2.24) is 14.8 Å². The topological polar surface area (TPSA) is 75.1 Å². The second-order valence-electron chi connectivity index (χ2n) is 9.64. The van der Waals surface area contributed by atoms with Gasteiger partial charge in [0.1, 0.15) is 0 Å². The molecule has 1 aromatic heterocycles. The maximum absolute atomic E-state index is 13.3. The number of esters is 1. The van der Waals surface area contributed by atoms with E-state index in [0.717, 1.165) is 62.3 Å². The van der Waals surface area contributed by atoms with E-state index in [1.54, 1.807) is 12.4 Å². The number of piperidine rings is 1. The lowest BCUT2D eigenvalue weighted by Gasteiger charge is -2.35. The first-order valence-electron chi connectivity index (χ1n) is 12.4. The number of hydrogen-bond donors (Lipinski definition) is 0. The average Bonchev–Trinajstić information content (AvgIpc) is 3.33. The average molecular weight is 473 g/mol. The molecule has 0 saturated carbocycles. The van der Waals surface area contributed by atoms with Gasteiger partial charge in [-0.2, -0.15) is 0 Å². The molecule has 2 aromatic rings. The Kier molecular flexibility index (Phi) is 7.04. The molecule has 0 bridgehead atoms. The maximum atomic E-state index is 13.3. The van der Waals surface area contributed by atoms with Gasteiger partial charge in [0.15, 0.2) is 0 Å². The molecule has 1 aromatic carbocycles. The van der Waals surface area contributed by atoms with Gasteiger partial charge in [-0.1, -0.05) is 18.2 Å². The third kappa shape index (κ3) is 5.20. The lowest BCUT2D eigenvalue weighted by molar-refractivity contribution is -0.132. The van der Waals surface area contributed by atoms with E-state index < -0.39 is 0 Å². The van der Waals surface area contributed by atoms with Crippen LogP contribution in [0.5, 0.6) is 0 Å². The first kappa shape index (κ1) is 23.4. The summed E-state index contributed by atoms with van der Waals surface area (Å²) in [5.74, 6) is 0.262. The lowest BCUT2D eigenvalue weighted by Crippen LogP contribution is -2.41. The third-order valence-electron chi connectivity index (χ3n) is 7.36. The summed E-state index contributed by atoms with van der Waals surface area (Å²) in [4.78, 5) is 38.7. The molecule has 1 fully saturated rings. The van der Waals surface area contributed by atoms with E-state index in [-0.39, 0.29) is 11.9 Å². The lowest BCUT2D eigenvalue weighted by atomic mass is 9.92. The molecule has 182 valence electrons. The zero-order valence-corrected chi connectivity index (χ0v) is 20.3. The highest BCUT2D eigenvalue weighted by Gasteiger charge is 2.31. The Labute approximate surface area is 206 Å².